The molecular formula is C23H33NO. The number of nitriles is 1. The maximum atomic E-state index is 8.89. The van der Waals surface area contributed by atoms with Crippen molar-refractivity contribution in [2.24, 2.45) is 5.92 Å². The number of hydrogen-bond donors (Lipinski definition) is 0. The number of unbranched alkanes of at least 4 members (excludes halogenated alkanes) is 2. The molecule has 2 heteroatoms. The third-order valence-electron chi connectivity index (χ3n) is 5.31. The van der Waals surface area contributed by atoms with E-state index in [9.17, 15) is 0 Å². The molecule has 1 aromatic carbocycles. The lowest BCUT2D eigenvalue weighted by Gasteiger charge is -2.28. The molecule has 0 saturated heterocycles. The third kappa shape index (κ3) is 7.45. The highest BCUT2D eigenvalue weighted by atomic mass is 16.5. The van der Waals surface area contributed by atoms with E-state index in [4.69, 9.17) is 10.00 Å². The van der Waals surface area contributed by atoms with Crippen LogP contribution in [0.1, 0.15) is 81.8 Å². The zero-order chi connectivity index (χ0) is 17.7. The fraction of sp³-hybridized carbons (Fsp3) is 0.609. The van der Waals surface area contributed by atoms with Gasteiger partial charge >= 0.3 is 0 Å². The summed E-state index contributed by atoms with van der Waals surface area (Å²) in [6, 6.07) is 10.4. The first-order chi connectivity index (χ1) is 12.3. The van der Waals surface area contributed by atoms with Crippen molar-refractivity contribution in [3.8, 4) is 6.07 Å². The van der Waals surface area contributed by atoms with E-state index in [1.807, 2.05) is 12.1 Å². The molecule has 1 saturated carbocycles. The summed E-state index contributed by atoms with van der Waals surface area (Å²) in [4.78, 5) is 0. The monoisotopic (exact) mass is 339 g/mol. The van der Waals surface area contributed by atoms with Crippen molar-refractivity contribution in [1.82, 2.24) is 0 Å². The number of rotatable bonds is 10. The summed E-state index contributed by atoms with van der Waals surface area (Å²) in [5.41, 5.74) is 2.17. The van der Waals surface area contributed by atoms with E-state index in [1.165, 1.54) is 50.5 Å². The van der Waals surface area contributed by atoms with Crippen LogP contribution < -0.4 is 0 Å². The topological polar surface area (TPSA) is 33.0 Å². The number of hydrogen-bond acceptors (Lipinski definition) is 2. The van der Waals surface area contributed by atoms with Crippen LogP contribution in [-0.4, -0.2) is 13.2 Å². The molecule has 136 valence electrons. The number of nitrogens with zero attached hydrogens (tertiary/aromatic N) is 1. The molecule has 0 aliphatic heterocycles. The van der Waals surface area contributed by atoms with E-state index in [-0.39, 0.29) is 0 Å². The lowest BCUT2D eigenvalue weighted by molar-refractivity contribution is 0.111. The molecular weight excluding hydrogens is 306 g/mol. The molecule has 0 N–H and O–H groups in total. The first kappa shape index (κ1) is 19.7. The predicted molar refractivity (Wildman–Crippen MR) is 105 cm³/mol. The minimum absolute atomic E-state index is 0.680. The Balaban J connectivity index is 1.54. The molecule has 2 rings (SSSR count). The van der Waals surface area contributed by atoms with Gasteiger partial charge in [-0.1, -0.05) is 37.6 Å². The second-order valence-corrected chi connectivity index (χ2v) is 7.25. The lowest BCUT2D eigenvalue weighted by atomic mass is 9.77. The molecule has 1 fully saturated rings. The molecule has 1 aliphatic rings. The van der Waals surface area contributed by atoms with E-state index in [0.717, 1.165) is 37.5 Å². The van der Waals surface area contributed by atoms with Gasteiger partial charge in [-0.15, -0.1) is 0 Å². The van der Waals surface area contributed by atoms with E-state index in [2.05, 4.69) is 37.3 Å². The quantitative estimate of drug-likeness (QED) is 0.366. The van der Waals surface area contributed by atoms with Crippen molar-refractivity contribution in [2.45, 2.75) is 70.6 Å². The highest BCUT2D eigenvalue weighted by molar-refractivity contribution is 5.33. The molecule has 0 aromatic heterocycles. The van der Waals surface area contributed by atoms with Gasteiger partial charge in [0.1, 0.15) is 0 Å². The lowest BCUT2D eigenvalue weighted by Crippen LogP contribution is -2.15. The van der Waals surface area contributed by atoms with Crippen LogP contribution in [0.25, 0.3) is 0 Å². The second-order valence-electron chi connectivity index (χ2n) is 7.25. The maximum Gasteiger partial charge on any atom is 0.0991 e. The largest absolute Gasteiger partial charge is 0.381 e. The molecule has 0 radical (unpaired) electrons. The van der Waals surface area contributed by atoms with Crippen LogP contribution >= 0.6 is 0 Å². The summed E-state index contributed by atoms with van der Waals surface area (Å²) >= 11 is 0. The molecule has 25 heavy (non-hydrogen) atoms. The van der Waals surface area contributed by atoms with Gasteiger partial charge < -0.3 is 4.74 Å². The van der Waals surface area contributed by atoms with Crippen LogP contribution in [0.3, 0.4) is 0 Å². The summed E-state index contributed by atoms with van der Waals surface area (Å²) in [5, 5.41) is 8.89. The smallest absolute Gasteiger partial charge is 0.0991 e. The number of benzene rings is 1. The van der Waals surface area contributed by atoms with Crippen LogP contribution in [0.5, 0.6) is 0 Å². The molecule has 0 bridgehead atoms. The molecule has 1 aromatic rings. The van der Waals surface area contributed by atoms with Gasteiger partial charge in [0, 0.05) is 13.2 Å². The standard InChI is InChI=1S/C23H33NO/c1-2-3-4-5-6-7-17-25-18-16-20-8-12-22(13-9-20)23-14-10-21(19-24)11-15-23/h4-5,10-11,14-15,20,22H,2-3,6-9,12-13,16-18H2,1H3. The van der Waals surface area contributed by atoms with Gasteiger partial charge in [-0.2, -0.15) is 5.26 Å². The highest BCUT2D eigenvalue weighted by Gasteiger charge is 2.22. The summed E-state index contributed by atoms with van der Waals surface area (Å²) in [5.74, 6) is 1.51. The first-order valence-corrected chi connectivity index (χ1v) is 10.1. The Bertz CT molecular complexity index is 532. The fourth-order valence-corrected chi connectivity index (χ4v) is 3.67. The van der Waals surface area contributed by atoms with Crippen LogP contribution in [0.4, 0.5) is 0 Å². The van der Waals surface area contributed by atoms with Gasteiger partial charge in [0.2, 0.25) is 0 Å². The van der Waals surface area contributed by atoms with Crippen molar-refractivity contribution >= 4 is 0 Å². The van der Waals surface area contributed by atoms with Gasteiger partial charge in [0.05, 0.1) is 11.6 Å². The van der Waals surface area contributed by atoms with Crippen molar-refractivity contribution in [2.75, 3.05) is 13.2 Å². The number of allylic oxidation sites excluding steroid dienone is 2. The Morgan fingerprint density at radius 1 is 1.04 bits per heavy atom. The SMILES string of the molecule is CCCC=CCCCOCCC1CCC(c2ccc(C#N)cc2)CC1. The average molecular weight is 340 g/mol. The number of ether oxygens (including phenoxy) is 1. The minimum Gasteiger partial charge on any atom is -0.381 e. The van der Waals surface area contributed by atoms with Gasteiger partial charge in [-0.25, -0.2) is 0 Å². The normalized spacial score (nSPS) is 20.6. The molecule has 0 spiro atoms. The molecule has 0 heterocycles. The fourth-order valence-electron chi connectivity index (χ4n) is 3.67. The van der Waals surface area contributed by atoms with Crippen LogP contribution in [0.15, 0.2) is 36.4 Å². The predicted octanol–water partition coefficient (Wildman–Crippen LogP) is 6.38. The average Bonchev–Trinajstić information content (AvgIpc) is 2.67. The molecule has 0 atom stereocenters. The summed E-state index contributed by atoms with van der Waals surface area (Å²) in [6.45, 7) is 4.03. The Morgan fingerprint density at radius 3 is 2.44 bits per heavy atom. The summed E-state index contributed by atoms with van der Waals surface area (Å²) in [6.07, 6.45) is 15.7. The zero-order valence-corrected chi connectivity index (χ0v) is 15.8. The minimum atomic E-state index is 0.680. The van der Waals surface area contributed by atoms with E-state index in [0.29, 0.717) is 5.92 Å². The van der Waals surface area contributed by atoms with Crippen molar-refractivity contribution < 1.29 is 4.74 Å². The first-order valence-electron chi connectivity index (χ1n) is 10.1. The molecule has 0 amide bonds. The van der Waals surface area contributed by atoms with Gasteiger partial charge in [-0.3, -0.25) is 0 Å². The molecule has 1 aliphatic carbocycles. The Kier molecular flexibility index (Phi) is 9.37. The Labute approximate surface area is 153 Å². The third-order valence-corrected chi connectivity index (χ3v) is 5.31. The van der Waals surface area contributed by atoms with Gasteiger partial charge in [0.15, 0.2) is 0 Å². The van der Waals surface area contributed by atoms with Crippen molar-refractivity contribution in [3.63, 3.8) is 0 Å². The summed E-state index contributed by atoms with van der Waals surface area (Å²) in [7, 11) is 0. The van der Waals surface area contributed by atoms with Crippen LogP contribution in [-0.2, 0) is 4.74 Å². The van der Waals surface area contributed by atoms with Crippen molar-refractivity contribution in [1.29, 1.82) is 5.26 Å². The molecule has 0 unspecified atom stereocenters. The van der Waals surface area contributed by atoms with Crippen molar-refractivity contribution in [3.05, 3.63) is 47.5 Å². The van der Waals surface area contributed by atoms with Gasteiger partial charge in [-0.05, 0) is 80.9 Å². The van der Waals surface area contributed by atoms with Gasteiger partial charge in [0.25, 0.3) is 0 Å². The van der Waals surface area contributed by atoms with Crippen LogP contribution in [0, 0.1) is 17.2 Å². The van der Waals surface area contributed by atoms with Crippen LogP contribution in [0.2, 0.25) is 0 Å². The maximum absolute atomic E-state index is 8.89. The second kappa shape index (κ2) is 11.9. The van der Waals surface area contributed by atoms with E-state index in [1.54, 1.807) is 0 Å². The van der Waals surface area contributed by atoms with E-state index >= 15 is 0 Å². The Morgan fingerprint density at radius 2 is 1.76 bits per heavy atom. The molecule has 2 nitrogen and oxygen atoms in total. The zero-order valence-electron chi connectivity index (χ0n) is 15.8. The Hall–Kier alpha value is -1.59. The highest BCUT2D eigenvalue weighted by Crippen LogP contribution is 2.37. The summed E-state index contributed by atoms with van der Waals surface area (Å²) < 4.78 is 5.82. The van der Waals surface area contributed by atoms with E-state index < -0.39 is 0 Å².